The number of hydrogen-bond acceptors (Lipinski definition) is 4. The second-order valence-corrected chi connectivity index (χ2v) is 6.74. The van der Waals surface area contributed by atoms with Crippen molar-refractivity contribution < 1.29 is 36.9 Å². The lowest BCUT2D eigenvalue weighted by Gasteiger charge is -2.25. The molecule has 2 aromatic carbocycles. The first-order valence-electron chi connectivity index (χ1n) is 6.64. The Morgan fingerprint density at radius 3 is 2.40 bits per heavy atom. The van der Waals surface area contributed by atoms with Crippen molar-refractivity contribution in [3.05, 3.63) is 52.3 Å². The van der Waals surface area contributed by atoms with Crippen LogP contribution >= 0.6 is 23.4 Å². The zero-order valence-electron chi connectivity index (χ0n) is 11.9. The molecule has 2 N–H and O–H groups in total. The van der Waals surface area contributed by atoms with Gasteiger partial charge in [-0.25, -0.2) is 13.2 Å². The minimum absolute atomic E-state index is 0.0736. The molecule has 0 radical (unpaired) electrons. The Bertz CT molecular complexity index is 824. The van der Waals surface area contributed by atoms with E-state index in [1.54, 1.807) is 0 Å². The van der Waals surface area contributed by atoms with E-state index in [1.807, 2.05) is 0 Å². The molecule has 3 nitrogen and oxygen atoms in total. The molecule has 0 saturated heterocycles. The van der Waals surface area contributed by atoms with Crippen LogP contribution in [-0.2, 0) is 5.79 Å². The van der Waals surface area contributed by atoms with Crippen LogP contribution < -0.4 is 4.74 Å². The van der Waals surface area contributed by atoms with Crippen molar-refractivity contribution in [3.63, 3.8) is 0 Å². The zero-order valence-corrected chi connectivity index (χ0v) is 13.5. The lowest BCUT2D eigenvalue weighted by atomic mass is 9.99. The van der Waals surface area contributed by atoms with Crippen LogP contribution in [0.15, 0.2) is 35.2 Å². The summed E-state index contributed by atoms with van der Waals surface area (Å²) in [5.74, 6) is -5.49. The van der Waals surface area contributed by atoms with E-state index in [9.17, 15) is 32.2 Å². The standard InChI is InChI=1S/C15H8ClF5O3S/c16-6-3-7(17)5-8(4-6)24-9-1-2-10-12(11(9)13(18)19)14(22,23)15(20,21)25-10/h1-5,13,22-23H. The van der Waals surface area contributed by atoms with Gasteiger partial charge in [-0.05, 0) is 36.0 Å². The van der Waals surface area contributed by atoms with Crippen LogP contribution in [0.2, 0.25) is 5.02 Å². The first kappa shape index (κ1) is 18.2. The Balaban J connectivity index is 2.14. The van der Waals surface area contributed by atoms with E-state index in [0.29, 0.717) is 0 Å². The highest BCUT2D eigenvalue weighted by molar-refractivity contribution is 8.00. The van der Waals surface area contributed by atoms with Crippen molar-refractivity contribution in [1.29, 1.82) is 0 Å². The first-order chi connectivity index (χ1) is 11.5. The molecule has 1 heterocycles. The molecular weight excluding hydrogens is 391 g/mol. The summed E-state index contributed by atoms with van der Waals surface area (Å²) in [6.07, 6.45) is -3.36. The minimum Gasteiger partial charge on any atom is -0.457 e. The van der Waals surface area contributed by atoms with Gasteiger partial charge in [0.2, 0.25) is 0 Å². The molecule has 3 rings (SSSR count). The van der Waals surface area contributed by atoms with Gasteiger partial charge in [0.05, 0.1) is 5.56 Å². The molecule has 0 aromatic heterocycles. The summed E-state index contributed by atoms with van der Waals surface area (Å²) in [5.41, 5.74) is -2.16. The van der Waals surface area contributed by atoms with Gasteiger partial charge in [-0.2, -0.15) is 8.78 Å². The smallest absolute Gasteiger partial charge is 0.355 e. The molecule has 0 aliphatic carbocycles. The zero-order chi connectivity index (χ0) is 18.6. The molecule has 134 valence electrons. The van der Waals surface area contributed by atoms with Gasteiger partial charge >= 0.3 is 5.25 Å². The van der Waals surface area contributed by atoms with Crippen molar-refractivity contribution in [2.75, 3.05) is 0 Å². The number of thioether (sulfide) groups is 1. The number of aliphatic hydroxyl groups is 2. The van der Waals surface area contributed by atoms with E-state index in [0.717, 1.165) is 30.3 Å². The predicted octanol–water partition coefficient (Wildman–Crippen LogP) is 5.04. The van der Waals surface area contributed by atoms with Gasteiger partial charge in [0, 0.05) is 21.5 Å². The van der Waals surface area contributed by atoms with Gasteiger partial charge in [-0.1, -0.05) is 11.6 Å². The number of fused-ring (bicyclic) bond motifs is 1. The molecule has 1 aliphatic rings. The van der Waals surface area contributed by atoms with Gasteiger partial charge in [0.1, 0.15) is 17.3 Å². The topological polar surface area (TPSA) is 49.7 Å². The monoisotopic (exact) mass is 398 g/mol. The van der Waals surface area contributed by atoms with Crippen LogP contribution in [0.1, 0.15) is 17.6 Å². The summed E-state index contributed by atoms with van der Waals surface area (Å²) in [6.45, 7) is 0. The summed E-state index contributed by atoms with van der Waals surface area (Å²) < 4.78 is 72.9. The molecule has 0 unspecified atom stereocenters. The number of ether oxygens (including phenoxy) is 1. The Morgan fingerprint density at radius 1 is 1.12 bits per heavy atom. The Kier molecular flexibility index (Phi) is 4.39. The highest BCUT2D eigenvalue weighted by Gasteiger charge is 2.62. The highest BCUT2D eigenvalue weighted by atomic mass is 35.5. The average Bonchev–Trinajstić information content (AvgIpc) is 2.63. The van der Waals surface area contributed by atoms with Crippen LogP contribution in [0.5, 0.6) is 11.5 Å². The van der Waals surface area contributed by atoms with Crippen LogP contribution in [0.25, 0.3) is 0 Å². The molecule has 1 aliphatic heterocycles. The second kappa shape index (κ2) is 6.01. The number of alkyl halides is 4. The van der Waals surface area contributed by atoms with E-state index in [4.69, 9.17) is 16.3 Å². The van der Waals surface area contributed by atoms with Crippen molar-refractivity contribution >= 4 is 23.4 Å². The van der Waals surface area contributed by atoms with Gasteiger partial charge < -0.3 is 14.9 Å². The predicted molar refractivity (Wildman–Crippen MR) is 79.8 cm³/mol. The van der Waals surface area contributed by atoms with Gasteiger partial charge in [-0.3, -0.25) is 0 Å². The van der Waals surface area contributed by atoms with E-state index >= 15 is 0 Å². The number of benzene rings is 2. The van der Waals surface area contributed by atoms with Crippen LogP contribution in [0.4, 0.5) is 22.0 Å². The van der Waals surface area contributed by atoms with Crippen molar-refractivity contribution in [1.82, 2.24) is 0 Å². The molecule has 0 atom stereocenters. The summed E-state index contributed by atoms with van der Waals surface area (Å²) >= 11 is 5.39. The van der Waals surface area contributed by atoms with Gasteiger partial charge in [0.15, 0.2) is 0 Å². The molecule has 25 heavy (non-hydrogen) atoms. The maximum Gasteiger partial charge on any atom is 0.355 e. The molecule has 0 amide bonds. The summed E-state index contributed by atoms with van der Waals surface area (Å²) in [7, 11) is 0. The largest absolute Gasteiger partial charge is 0.457 e. The van der Waals surface area contributed by atoms with E-state index in [2.05, 4.69) is 0 Å². The number of hydrogen-bond donors (Lipinski definition) is 2. The van der Waals surface area contributed by atoms with Crippen molar-refractivity contribution in [2.24, 2.45) is 0 Å². The molecule has 10 heteroatoms. The van der Waals surface area contributed by atoms with Gasteiger partial charge in [0.25, 0.3) is 12.2 Å². The fraction of sp³-hybridized carbons (Fsp3) is 0.200. The third-order valence-corrected chi connectivity index (χ3v) is 4.76. The van der Waals surface area contributed by atoms with E-state index in [1.165, 1.54) is 0 Å². The fourth-order valence-corrected chi connectivity index (χ4v) is 3.62. The maximum atomic E-state index is 13.7. The van der Waals surface area contributed by atoms with Crippen LogP contribution in [0.3, 0.4) is 0 Å². The third-order valence-electron chi connectivity index (χ3n) is 3.44. The third kappa shape index (κ3) is 3.05. The summed E-state index contributed by atoms with van der Waals surface area (Å²) in [5, 5.41) is 15.2. The SMILES string of the molecule is OC1(O)c2c(ccc(Oc3cc(F)cc(Cl)c3)c2C(F)F)SC1(F)F. The van der Waals surface area contributed by atoms with E-state index < -0.39 is 45.1 Å². The maximum absolute atomic E-state index is 13.7. The Labute approximate surface area is 147 Å². The Hall–Kier alpha value is -1.55. The van der Waals surface area contributed by atoms with Gasteiger partial charge in [-0.15, -0.1) is 0 Å². The molecule has 0 fully saturated rings. The molecule has 0 bridgehead atoms. The quantitative estimate of drug-likeness (QED) is 0.561. The molecule has 0 saturated carbocycles. The van der Waals surface area contributed by atoms with Crippen molar-refractivity contribution in [3.8, 4) is 11.5 Å². The summed E-state index contributed by atoms with van der Waals surface area (Å²) in [4.78, 5) is -0.421. The fourth-order valence-electron chi connectivity index (χ4n) is 2.40. The first-order valence-corrected chi connectivity index (χ1v) is 7.83. The highest BCUT2D eigenvalue weighted by Crippen LogP contribution is 2.59. The number of rotatable bonds is 3. The molecular formula is C15H8ClF5O3S. The van der Waals surface area contributed by atoms with E-state index in [-0.39, 0.29) is 22.5 Å². The van der Waals surface area contributed by atoms with Crippen molar-refractivity contribution in [2.45, 2.75) is 22.4 Å². The Morgan fingerprint density at radius 2 is 1.80 bits per heavy atom. The second-order valence-electron chi connectivity index (χ2n) is 5.15. The normalized spacial score (nSPS) is 17.6. The average molecular weight is 399 g/mol. The molecule has 0 spiro atoms. The van der Waals surface area contributed by atoms with Crippen LogP contribution in [-0.4, -0.2) is 15.5 Å². The number of halogens is 6. The summed E-state index contributed by atoms with van der Waals surface area (Å²) in [6, 6.07) is 4.88. The lowest BCUT2D eigenvalue weighted by molar-refractivity contribution is -0.263. The lowest BCUT2D eigenvalue weighted by Crippen LogP contribution is -2.39. The molecule has 2 aromatic rings. The van der Waals surface area contributed by atoms with Crippen LogP contribution in [0, 0.1) is 5.82 Å². The minimum atomic E-state index is -4.13.